The van der Waals surface area contributed by atoms with E-state index in [1.54, 1.807) is 20.8 Å². The maximum atomic E-state index is 11.7. The Hall–Kier alpha value is -0.170. The van der Waals surface area contributed by atoms with E-state index in [-0.39, 0.29) is 18.9 Å². The summed E-state index contributed by atoms with van der Waals surface area (Å²) in [5.74, 6) is -0.0482. The Morgan fingerprint density at radius 2 is 1.93 bits per heavy atom. The van der Waals surface area contributed by atoms with Gasteiger partial charge in [0.15, 0.2) is 0 Å². The summed E-state index contributed by atoms with van der Waals surface area (Å²) in [5.41, 5.74) is -1.02. The Bertz CT molecular complexity index is 268. The van der Waals surface area contributed by atoms with Gasteiger partial charge in [0.25, 0.3) is 0 Å². The Morgan fingerprint density at radius 1 is 1.40 bits per heavy atom. The molecule has 0 saturated heterocycles. The molecule has 0 unspecified atom stereocenters. The van der Waals surface area contributed by atoms with Crippen molar-refractivity contribution in [3.8, 4) is 0 Å². The van der Waals surface area contributed by atoms with Crippen LogP contribution >= 0.6 is 0 Å². The minimum Gasteiger partial charge on any atom is -0.389 e. The van der Waals surface area contributed by atoms with Crippen LogP contribution in [0.3, 0.4) is 0 Å². The fourth-order valence-corrected chi connectivity index (χ4v) is 2.70. The summed E-state index contributed by atoms with van der Waals surface area (Å²) in [6.07, 6.45) is 0. The van der Waals surface area contributed by atoms with Gasteiger partial charge in [-0.05, 0) is 13.8 Å². The van der Waals surface area contributed by atoms with Crippen molar-refractivity contribution in [2.45, 2.75) is 26.4 Å². The third-order valence-electron chi connectivity index (χ3n) is 1.85. The quantitative estimate of drug-likeness (QED) is 0.682. The van der Waals surface area contributed by atoms with Gasteiger partial charge in [-0.1, -0.05) is 6.92 Å². The summed E-state index contributed by atoms with van der Waals surface area (Å²) in [5, 5.41) is 9.57. The van der Waals surface area contributed by atoms with E-state index in [1.165, 1.54) is 11.4 Å². The van der Waals surface area contributed by atoms with Gasteiger partial charge in [0.1, 0.15) is 0 Å². The van der Waals surface area contributed by atoms with Crippen LogP contribution in [0.1, 0.15) is 20.8 Å². The molecule has 15 heavy (non-hydrogen) atoms. The molecule has 0 rings (SSSR count). The Kier molecular flexibility index (Phi) is 5.72. The molecule has 5 nitrogen and oxygen atoms in total. The maximum Gasteiger partial charge on any atom is 0.216 e. The molecule has 92 valence electrons. The van der Waals surface area contributed by atoms with Crippen LogP contribution in [0, 0.1) is 0 Å². The number of aliphatic hydroxyl groups is 1. The fourth-order valence-electron chi connectivity index (χ4n) is 1.16. The summed E-state index contributed by atoms with van der Waals surface area (Å²) >= 11 is 0. The predicted octanol–water partition coefficient (Wildman–Crippen LogP) is 0.0554. The molecule has 0 saturated carbocycles. The molecule has 1 N–H and O–H groups in total. The van der Waals surface area contributed by atoms with E-state index in [0.29, 0.717) is 6.54 Å². The van der Waals surface area contributed by atoms with Crippen LogP contribution in [0.2, 0.25) is 0 Å². The lowest BCUT2D eigenvalue weighted by Crippen LogP contribution is -2.43. The lowest BCUT2D eigenvalue weighted by atomic mass is 10.1. The van der Waals surface area contributed by atoms with Crippen LogP contribution in [0.25, 0.3) is 0 Å². The van der Waals surface area contributed by atoms with Gasteiger partial charge in [-0.25, -0.2) is 8.42 Å². The van der Waals surface area contributed by atoms with Gasteiger partial charge >= 0.3 is 0 Å². The minimum atomic E-state index is -3.32. The van der Waals surface area contributed by atoms with Crippen molar-refractivity contribution in [2.75, 3.05) is 32.6 Å². The molecule has 0 fully saturated rings. The number of likely N-dealkylation sites (N-methyl/N-ethyl adjacent to an activating group) is 1. The molecule has 0 amide bonds. The zero-order valence-electron chi connectivity index (χ0n) is 9.86. The van der Waals surface area contributed by atoms with Gasteiger partial charge in [0.2, 0.25) is 10.0 Å². The highest BCUT2D eigenvalue weighted by Crippen LogP contribution is 2.09. The second-order valence-corrected chi connectivity index (χ2v) is 6.14. The van der Waals surface area contributed by atoms with E-state index in [1.807, 2.05) is 0 Å². The zero-order valence-corrected chi connectivity index (χ0v) is 10.7. The largest absolute Gasteiger partial charge is 0.389 e. The van der Waals surface area contributed by atoms with Crippen molar-refractivity contribution < 1.29 is 18.3 Å². The highest BCUT2D eigenvalue weighted by atomic mass is 32.2. The molecule has 0 aromatic heterocycles. The van der Waals surface area contributed by atoms with E-state index in [9.17, 15) is 13.5 Å². The van der Waals surface area contributed by atoms with Gasteiger partial charge in [-0.3, -0.25) is 0 Å². The van der Waals surface area contributed by atoms with Crippen LogP contribution in [0.5, 0.6) is 0 Å². The molecule has 0 aromatic rings. The zero-order chi connectivity index (χ0) is 12.1. The third-order valence-corrected chi connectivity index (χ3v) is 3.71. The van der Waals surface area contributed by atoms with Crippen molar-refractivity contribution >= 4 is 10.0 Å². The van der Waals surface area contributed by atoms with Gasteiger partial charge in [0.05, 0.1) is 18.0 Å². The van der Waals surface area contributed by atoms with Crippen molar-refractivity contribution in [1.29, 1.82) is 0 Å². The standard InChI is InChI=1S/C9H21NO4S/c1-5-10(8-9(2,3)11)15(12,13)7-6-14-4/h11H,5-8H2,1-4H3. The van der Waals surface area contributed by atoms with E-state index in [0.717, 1.165) is 0 Å². The van der Waals surface area contributed by atoms with Crippen LogP contribution in [-0.2, 0) is 14.8 Å². The molecular weight excluding hydrogens is 218 g/mol. The molecule has 0 aliphatic heterocycles. The smallest absolute Gasteiger partial charge is 0.216 e. The summed E-state index contributed by atoms with van der Waals surface area (Å²) in [7, 11) is -1.86. The molecule has 0 radical (unpaired) electrons. The number of methoxy groups -OCH3 is 1. The number of hydrogen-bond acceptors (Lipinski definition) is 4. The number of ether oxygens (including phenoxy) is 1. The Labute approximate surface area is 92.1 Å². The molecule has 0 aromatic carbocycles. The average molecular weight is 239 g/mol. The molecular formula is C9H21NO4S. The molecule has 6 heteroatoms. The van der Waals surface area contributed by atoms with E-state index in [2.05, 4.69) is 0 Å². The first-order valence-electron chi connectivity index (χ1n) is 4.92. The maximum absolute atomic E-state index is 11.7. The molecule has 0 aliphatic rings. The first-order chi connectivity index (χ1) is 6.73. The summed E-state index contributed by atoms with van der Waals surface area (Å²) in [4.78, 5) is 0. The second kappa shape index (κ2) is 5.79. The molecule has 0 aliphatic carbocycles. The van der Waals surface area contributed by atoms with Crippen LogP contribution in [-0.4, -0.2) is 56.0 Å². The molecule has 0 spiro atoms. The number of nitrogens with zero attached hydrogens (tertiary/aromatic N) is 1. The van der Waals surface area contributed by atoms with Gasteiger partial charge in [-0.15, -0.1) is 0 Å². The van der Waals surface area contributed by atoms with E-state index in [4.69, 9.17) is 4.74 Å². The highest BCUT2D eigenvalue weighted by Gasteiger charge is 2.26. The topological polar surface area (TPSA) is 66.8 Å². The summed E-state index contributed by atoms with van der Waals surface area (Å²) in [6.45, 7) is 5.55. The molecule has 0 bridgehead atoms. The van der Waals surface area contributed by atoms with Gasteiger partial charge in [-0.2, -0.15) is 4.31 Å². The van der Waals surface area contributed by atoms with E-state index >= 15 is 0 Å². The average Bonchev–Trinajstić information content (AvgIpc) is 2.09. The second-order valence-electron chi connectivity index (χ2n) is 4.05. The van der Waals surface area contributed by atoms with Crippen LogP contribution < -0.4 is 0 Å². The molecule has 0 heterocycles. The highest BCUT2D eigenvalue weighted by molar-refractivity contribution is 7.89. The van der Waals surface area contributed by atoms with Crippen molar-refractivity contribution in [1.82, 2.24) is 4.31 Å². The first kappa shape index (κ1) is 14.8. The van der Waals surface area contributed by atoms with Crippen molar-refractivity contribution in [2.24, 2.45) is 0 Å². The van der Waals surface area contributed by atoms with Crippen LogP contribution in [0.15, 0.2) is 0 Å². The van der Waals surface area contributed by atoms with E-state index < -0.39 is 15.6 Å². The monoisotopic (exact) mass is 239 g/mol. The Morgan fingerprint density at radius 3 is 2.27 bits per heavy atom. The van der Waals surface area contributed by atoms with Gasteiger partial charge < -0.3 is 9.84 Å². The van der Waals surface area contributed by atoms with Crippen LogP contribution in [0.4, 0.5) is 0 Å². The normalized spacial score (nSPS) is 13.5. The fraction of sp³-hybridized carbons (Fsp3) is 1.00. The first-order valence-corrected chi connectivity index (χ1v) is 6.53. The summed E-state index contributed by atoms with van der Waals surface area (Å²) < 4.78 is 29.5. The lowest BCUT2D eigenvalue weighted by Gasteiger charge is -2.27. The predicted molar refractivity (Wildman–Crippen MR) is 59.2 cm³/mol. The number of hydrogen-bond donors (Lipinski definition) is 1. The molecule has 0 atom stereocenters. The third kappa shape index (κ3) is 6.09. The lowest BCUT2D eigenvalue weighted by molar-refractivity contribution is 0.0599. The van der Waals surface area contributed by atoms with Gasteiger partial charge in [0, 0.05) is 20.2 Å². The number of rotatable bonds is 7. The summed E-state index contributed by atoms with van der Waals surface area (Å²) in [6, 6.07) is 0. The van der Waals surface area contributed by atoms with Crippen molar-refractivity contribution in [3.63, 3.8) is 0 Å². The minimum absolute atomic E-state index is 0.0482. The SMILES string of the molecule is CCN(CC(C)(C)O)S(=O)(=O)CCOC. The Balaban J connectivity index is 4.52. The van der Waals surface area contributed by atoms with Crippen molar-refractivity contribution in [3.05, 3.63) is 0 Å². The number of sulfonamides is 1.